The average Bonchev–Trinajstić information content (AvgIpc) is 2.52. The van der Waals surface area contributed by atoms with Gasteiger partial charge in [-0.1, -0.05) is 0 Å². The smallest absolute Gasteiger partial charge is 0.103 e. The van der Waals surface area contributed by atoms with Crippen molar-refractivity contribution in [2.24, 2.45) is 0 Å². The van der Waals surface area contributed by atoms with Crippen LogP contribution in [0.2, 0.25) is 0 Å². The summed E-state index contributed by atoms with van der Waals surface area (Å²) < 4.78 is 5.21. The van der Waals surface area contributed by atoms with E-state index in [-0.39, 0.29) is 0 Å². The Bertz CT molecular complexity index is 181. The molecule has 0 bridgehead atoms. The minimum absolute atomic E-state index is 0.695. The maximum Gasteiger partial charge on any atom is 0.103 e. The van der Waals surface area contributed by atoms with Crippen molar-refractivity contribution in [2.45, 2.75) is 25.8 Å². The molecule has 0 aliphatic heterocycles. The van der Waals surface area contributed by atoms with E-state index < -0.39 is 0 Å². The zero-order valence-electron chi connectivity index (χ0n) is 7.21. The van der Waals surface area contributed by atoms with Crippen molar-refractivity contribution < 1.29 is 9.73 Å². The second-order valence-electron chi connectivity index (χ2n) is 2.93. The Morgan fingerprint density at radius 3 is 3.00 bits per heavy atom. The van der Waals surface area contributed by atoms with Gasteiger partial charge < -0.3 is 9.73 Å². The third kappa shape index (κ3) is 2.76. The van der Waals surface area contributed by atoms with Gasteiger partial charge in [-0.2, -0.15) is 0 Å². The molecule has 1 aromatic rings. The normalized spacial score (nSPS) is 13.3. The van der Waals surface area contributed by atoms with Crippen LogP contribution >= 0.6 is 0 Å². The fourth-order valence-corrected chi connectivity index (χ4v) is 0.991. The van der Waals surface area contributed by atoms with Gasteiger partial charge in [0.1, 0.15) is 5.76 Å². The molecule has 2 heteroatoms. The Morgan fingerprint density at radius 1 is 1.64 bits per heavy atom. The number of rotatable bonds is 4. The van der Waals surface area contributed by atoms with E-state index in [9.17, 15) is 0 Å². The lowest BCUT2D eigenvalue weighted by Crippen LogP contribution is -2.85. The molecule has 11 heavy (non-hydrogen) atoms. The van der Waals surface area contributed by atoms with Crippen LogP contribution in [-0.2, 0) is 6.42 Å². The topological polar surface area (TPSA) is 29.8 Å². The lowest BCUT2D eigenvalue weighted by molar-refractivity contribution is -0.660. The molecule has 1 rings (SSSR count). The van der Waals surface area contributed by atoms with Gasteiger partial charge in [0.15, 0.2) is 0 Å². The molecule has 0 saturated carbocycles. The summed E-state index contributed by atoms with van der Waals surface area (Å²) in [5, 5.41) is 2.23. The summed E-state index contributed by atoms with van der Waals surface area (Å²) in [6.45, 7) is 2.23. The quantitative estimate of drug-likeness (QED) is 0.683. The van der Waals surface area contributed by atoms with Crippen LogP contribution in [0.15, 0.2) is 22.8 Å². The molecule has 0 fully saturated rings. The first kappa shape index (κ1) is 8.34. The predicted molar refractivity (Wildman–Crippen MR) is 44.3 cm³/mol. The second-order valence-corrected chi connectivity index (χ2v) is 2.93. The highest BCUT2D eigenvalue weighted by atomic mass is 16.3. The summed E-state index contributed by atoms with van der Waals surface area (Å²) in [5.74, 6) is 1.10. The van der Waals surface area contributed by atoms with Gasteiger partial charge in [-0.15, -0.1) is 0 Å². The Labute approximate surface area is 67.6 Å². The molecule has 1 heterocycles. The Balaban J connectivity index is 2.23. The molecule has 0 radical (unpaired) electrons. The van der Waals surface area contributed by atoms with Crippen molar-refractivity contribution in [1.29, 1.82) is 0 Å². The zero-order chi connectivity index (χ0) is 8.10. The molecule has 2 nitrogen and oxygen atoms in total. The molecule has 0 amide bonds. The third-order valence-electron chi connectivity index (χ3n) is 2.00. The average molecular weight is 154 g/mol. The molecule has 1 unspecified atom stereocenters. The standard InChI is InChI=1S/C9H15NO/c1-8(10-2)5-6-9-4-3-7-11-9/h3-4,7-8,10H,5-6H2,1-2H3/p+1. The maximum absolute atomic E-state index is 5.21. The molecule has 0 aliphatic rings. The Kier molecular flexibility index (Phi) is 3.17. The fraction of sp³-hybridized carbons (Fsp3) is 0.556. The van der Waals surface area contributed by atoms with Crippen LogP contribution in [0, 0.1) is 0 Å². The molecule has 0 saturated heterocycles. The lowest BCUT2D eigenvalue weighted by Gasteiger charge is -2.04. The molecular formula is C9H16NO+. The van der Waals surface area contributed by atoms with Gasteiger partial charge in [-0.25, -0.2) is 0 Å². The maximum atomic E-state index is 5.21. The molecule has 0 aromatic carbocycles. The summed E-state index contributed by atoms with van der Waals surface area (Å²) in [6, 6.07) is 4.66. The van der Waals surface area contributed by atoms with Crippen LogP contribution in [0.4, 0.5) is 0 Å². The summed E-state index contributed by atoms with van der Waals surface area (Å²) in [4.78, 5) is 0. The number of nitrogens with two attached hydrogens (primary N) is 1. The molecule has 0 aliphatic carbocycles. The molecule has 0 spiro atoms. The van der Waals surface area contributed by atoms with E-state index in [0.29, 0.717) is 6.04 Å². The van der Waals surface area contributed by atoms with Crippen LogP contribution < -0.4 is 5.32 Å². The minimum atomic E-state index is 0.695. The molecule has 1 aromatic heterocycles. The summed E-state index contributed by atoms with van der Waals surface area (Å²) in [5.41, 5.74) is 0. The van der Waals surface area contributed by atoms with Crippen molar-refractivity contribution in [3.8, 4) is 0 Å². The Hall–Kier alpha value is -0.760. The monoisotopic (exact) mass is 154 g/mol. The minimum Gasteiger partial charge on any atom is -0.469 e. The van der Waals surface area contributed by atoms with Crippen LogP contribution in [0.25, 0.3) is 0 Å². The van der Waals surface area contributed by atoms with E-state index in [2.05, 4.69) is 19.3 Å². The van der Waals surface area contributed by atoms with Gasteiger partial charge in [0.05, 0.1) is 19.4 Å². The highest BCUT2D eigenvalue weighted by Gasteiger charge is 2.02. The van der Waals surface area contributed by atoms with Gasteiger partial charge in [0.25, 0.3) is 0 Å². The van der Waals surface area contributed by atoms with E-state index in [0.717, 1.165) is 12.2 Å². The van der Waals surface area contributed by atoms with E-state index in [1.165, 1.54) is 6.42 Å². The number of furan rings is 1. The van der Waals surface area contributed by atoms with Gasteiger partial charge in [-0.05, 0) is 19.1 Å². The van der Waals surface area contributed by atoms with Crippen LogP contribution in [0.3, 0.4) is 0 Å². The van der Waals surface area contributed by atoms with Crippen molar-refractivity contribution in [3.63, 3.8) is 0 Å². The van der Waals surface area contributed by atoms with Crippen LogP contribution in [0.5, 0.6) is 0 Å². The van der Waals surface area contributed by atoms with Crippen molar-refractivity contribution in [2.75, 3.05) is 7.05 Å². The van der Waals surface area contributed by atoms with Crippen molar-refractivity contribution in [1.82, 2.24) is 0 Å². The summed E-state index contributed by atoms with van der Waals surface area (Å²) in [7, 11) is 2.10. The molecule has 62 valence electrons. The van der Waals surface area contributed by atoms with Gasteiger partial charge >= 0.3 is 0 Å². The number of hydrogen-bond donors (Lipinski definition) is 1. The molecular weight excluding hydrogens is 138 g/mol. The molecule has 2 N–H and O–H groups in total. The van der Waals surface area contributed by atoms with Crippen LogP contribution in [0.1, 0.15) is 19.1 Å². The summed E-state index contributed by atoms with van der Waals surface area (Å²) in [6.07, 6.45) is 3.97. The number of hydrogen-bond acceptors (Lipinski definition) is 1. The fourth-order valence-electron chi connectivity index (χ4n) is 0.991. The van der Waals surface area contributed by atoms with Gasteiger partial charge in [-0.3, -0.25) is 0 Å². The van der Waals surface area contributed by atoms with Crippen LogP contribution in [-0.4, -0.2) is 13.1 Å². The predicted octanol–water partition coefficient (Wildman–Crippen LogP) is 0.794. The number of aryl methyl sites for hydroxylation is 1. The van der Waals surface area contributed by atoms with Crippen molar-refractivity contribution in [3.05, 3.63) is 24.2 Å². The van der Waals surface area contributed by atoms with E-state index >= 15 is 0 Å². The second kappa shape index (κ2) is 4.19. The number of quaternary nitrogens is 1. The van der Waals surface area contributed by atoms with Crippen molar-refractivity contribution >= 4 is 0 Å². The first-order valence-corrected chi connectivity index (χ1v) is 4.15. The lowest BCUT2D eigenvalue weighted by atomic mass is 10.1. The van der Waals surface area contributed by atoms with E-state index in [4.69, 9.17) is 4.42 Å². The van der Waals surface area contributed by atoms with E-state index in [1.807, 2.05) is 12.1 Å². The zero-order valence-corrected chi connectivity index (χ0v) is 7.21. The molecule has 1 atom stereocenters. The summed E-state index contributed by atoms with van der Waals surface area (Å²) >= 11 is 0. The van der Waals surface area contributed by atoms with E-state index in [1.54, 1.807) is 6.26 Å². The third-order valence-corrected chi connectivity index (χ3v) is 2.00. The highest BCUT2D eigenvalue weighted by molar-refractivity contribution is 4.97. The van der Waals surface area contributed by atoms with Gasteiger partial charge in [0, 0.05) is 12.8 Å². The first-order valence-electron chi connectivity index (χ1n) is 4.15. The Morgan fingerprint density at radius 2 is 2.45 bits per heavy atom. The largest absolute Gasteiger partial charge is 0.469 e. The highest BCUT2D eigenvalue weighted by Crippen LogP contribution is 2.03. The van der Waals surface area contributed by atoms with Gasteiger partial charge in [0.2, 0.25) is 0 Å². The SMILES string of the molecule is C[NH2+]C(C)CCc1ccco1. The first-order chi connectivity index (χ1) is 5.33.